The van der Waals surface area contributed by atoms with Crippen LogP contribution in [0.4, 0.5) is 17.1 Å². The minimum atomic E-state index is 0.862. The molecule has 0 aliphatic carbocycles. The maximum atomic E-state index is 6.94. The summed E-state index contributed by atoms with van der Waals surface area (Å²) in [5.41, 5.74) is 7.60. The molecule has 0 fully saturated rings. The summed E-state index contributed by atoms with van der Waals surface area (Å²) in [7, 11) is 0. The molecule has 1 heterocycles. The van der Waals surface area contributed by atoms with Gasteiger partial charge < -0.3 is 9.32 Å². The van der Waals surface area contributed by atoms with Crippen LogP contribution in [0.25, 0.3) is 44.5 Å². The Labute approximate surface area is 234 Å². The van der Waals surface area contributed by atoms with Crippen LogP contribution in [0.5, 0.6) is 0 Å². The molecule has 0 atom stereocenters. The Morgan fingerprint density at radius 1 is 0.375 bits per heavy atom. The first-order valence-electron chi connectivity index (χ1n) is 13.5. The fourth-order valence-corrected chi connectivity index (χ4v) is 5.49. The molecule has 0 aliphatic heterocycles. The summed E-state index contributed by atoms with van der Waals surface area (Å²) < 4.78 is 6.94. The molecule has 0 saturated carbocycles. The number of nitrogens with zero attached hydrogens (tertiary/aromatic N) is 1. The summed E-state index contributed by atoms with van der Waals surface area (Å²) >= 11 is 0. The fraction of sp³-hybridized carbons (Fsp3) is 0. The molecule has 1 aromatic heterocycles. The van der Waals surface area contributed by atoms with Gasteiger partial charge in [-0.2, -0.15) is 0 Å². The van der Waals surface area contributed by atoms with Gasteiger partial charge in [0, 0.05) is 33.3 Å². The molecule has 7 rings (SSSR count). The average molecular weight is 514 g/mol. The van der Waals surface area contributed by atoms with Crippen molar-refractivity contribution in [3.05, 3.63) is 164 Å². The van der Waals surface area contributed by atoms with Gasteiger partial charge in [0.25, 0.3) is 0 Å². The van der Waals surface area contributed by atoms with Crippen molar-refractivity contribution in [2.24, 2.45) is 0 Å². The topological polar surface area (TPSA) is 16.4 Å². The number of benzene rings is 6. The Bertz CT molecular complexity index is 1840. The highest BCUT2D eigenvalue weighted by Crippen LogP contribution is 2.49. The molecule has 7 aromatic rings. The number of anilines is 3. The second-order valence-electron chi connectivity index (χ2n) is 9.74. The number of furan rings is 1. The molecule has 190 valence electrons. The van der Waals surface area contributed by atoms with E-state index in [-0.39, 0.29) is 0 Å². The lowest BCUT2D eigenvalue weighted by molar-refractivity contribution is 0.602. The second-order valence-corrected chi connectivity index (χ2v) is 9.74. The summed E-state index contributed by atoms with van der Waals surface area (Å²) in [6.07, 6.45) is 0. The van der Waals surface area contributed by atoms with E-state index in [4.69, 9.17) is 4.42 Å². The predicted molar refractivity (Wildman–Crippen MR) is 167 cm³/mol. The molecule has 0 radical (unpaired) electrons. The summed E-state index contributed by atoms with van der Waals surface area (Å²) in [5.74, 6) is 1.74. The Morgan fingerprint density at radius 2 is 0.850 bits per heavy atom. The van der Waals surface area contributed by atoms with Crippen molar-refractivity contribution in [3.8, 4) is 33.8 Å². The van der Waals surface area contributed by atoms with Crippen molar-refractivity contribution in [3.63, 3.8) is 0 Å². The highest BCUT2D eigenvalue weighted by atomic mass is 16.3. The minimum Gasteiger partial charge on any atom is -0.455 e. The smallest absolute Gasteiger partial charge is 0.145 e. The monoisotopic (exact) mass is 513 g/mol. The number of rotatable bonds is 6. The summed E-state index contributed by atoms with van der Waals surface area (Å²) in [6.45, 7) is 0. The van der Waals surface area contributed by atoms with Crippen LogP contribution in [0.1, 0.15) is 0 Å². The third-order valence-electron chi connectivity index (χ3n) is 7.28. The lowest BCUT2D eigenvalue weighted by atomic mass is 9.93. The fourth-order valence-electron chi connectivity index (χ4n) is 5.49. The number of hydrogen-bond donors (Lipinski definition) is 0. The molecule has 0 amide bonds. The largest absolute Gasteiger partial charge is 0.455 e. The molecular formula is C38H27NO. The van der Waals surface area contributed by atoms with Gasteiger partial charge in [-0.1, -0.05) is 133 Å². The summed E-state index contributed by atoms with van der Waals surface area (Å²) in [4.78, 5) is 2.32. The lowest BCUT2D eigenvalue weighted by Gasteiger charge is -2.28. The highest BCUT2D eigenvalue weighted by Gasteiger charge is 2.25. The van der Waals surface area contributed by atoms with Gasteiger partial charge in [-0.3, -0.25) is 0 Å². The molecule has 0 N–H and O–H groups in total. The van der Waals surface area contributed by atoms with Gasteiger partial charge in [-0.05, 0) is 41.5 Å². The minimum absolute atomic E-state index is 0.862. The van der Waals surface area contributed by atoms with E-state index in [1.54, 1.807) is 0 Å². The van der Waals surface area contributed by atoms with Crippen molar-refractivity contribution in [2.75, 3.05) is 4.90 Å². The van der Waals surface area contributed by atoms with Crippen LogP contribution in [0, 0.1) is 0 Å². The highest BCUT2D eigenvalue weighted by molar-refractivity contribution is 6.08. The summed E-state index contributed by atoms with van der Waals surface area (Å²) in [6, 6.07) is 57.0. The van der Waals surface area contributed by atoms with Crippen LogP contribution in [-0.2, 0) is 0 Å². The molecule has 2 nitrogen and oxygen atoms in total. The third-order valence-corrected chi connectivity index (χ3v) is 7.28. The van der Waals surface area contributed by atoms with Gasteiger partial charge >= 0.3 is 0 Å². The first-order chi connectivity index (χ1) is 19.9. The first kappa shape index (κ1) is 23.8. The van der Waals surface area contributed by atoms with Crippen LogP contribution < -0.4 is 4.90 Å². The van der Waals surface area contributed by atoms with E-state index in [2.05, 4.69) is 163 Å². The molecule has 0 unspecified atom stereocenters. The molecular weight excluding hydrogens is 486 g/mol. The van der Waals surface area contributed by atoms with Gasteiger partial charge in [-0.15, -0.1) is 0 Å². The summed E-state index contributed by atoms with van der Waals surface area (Å²) in [5, 5.41) is 2.19. The zero-order chi connectivity index (χ0) is 26.7. The molecule has 40 heavy (non-hydrogen) atoms. The van der Waals surface area contributed by atoms with Gasteiger partial charge in [0.05, 0.1) is 5.69 Å². The molecule has 0 saturated heterocycles. The molecule has 6 aromatic carbocycles. The van der Waals surface area contributed by atoms with Crippen molar-refractivity contribution in [2.45, 2.75) is 0 Å². The zero-order valence-electron chi connectivity index (χ0n) is 21.9. The van der Waals surface area contributed by atoms with E-state index in [9.17, 15) is 0 Å². The first-order valence-corrected chi connectivity index (χ1v) is 13.5. The normalized spacial score (nSPS) is 11.0. The predicted octanol–water partition coefficient (Wildman–Crippen LogP) is 10.9. The van der Waals surface area contributed by atoms with E-state index in [0.29, 0.717) is 0 Å². The second kappa shape index (κ2) is 10.4. The number of fused-ring (bicyclic) bond motifs is 1. The van der Waals surface area contributed by atoms with Gasteiger partial charge in [-0.25, -0.2) is 0 Å². The Hall–Kier alpha value is -5.34. The van der Waals surface area contributed by atoms with Crippen LogP contribution in [0.3, 0.4) is 0 Å². The van der Waals surface area contributed by atoms with Crippen molar-refractivity contribution < 1.29 is 4.42 Å². The molecule has 2 heteroatoms. The lowest BCUT2D eigenvalue weighted by Crippen LogP contribution is -2.11. The van der Waals surface area contributed by atoms with E-state index in [0.717, 1.165) is 61.6 Å². The van der Waals surface area contributed by atoms with Gasteiger partial charge in [0.1, 0.15) is 11.5 Å². The van der Waals surface area contributed by atoms with Crippen LogP contribution in [0.15, 0.2) is 168 Å². The molecule has 0 bridgehead atoms. The standard InChI is InChI=1S/C38H27NO/c1-5-16-28(17-6-1)32-26-15-27-35(39(30-20-9-3-10-21-30)31-22-11-4-12-23-31)36(32)38-34-25-14-13-24-33(34)37(40-38)29-18-7-2-8-19-29/h1-27H. The third kappa shape index (κ3) is 4.26. The maximum absolute atomic E-state index is 6.94. The van der Waals surface area contributed by atoms with Crippen molar-refractivity contribution in [1.29, 1.82) is 0 Å². The number of hydrogen-bond acceptors (Lipinski definition) is 2. The Balaban J connectivity index is 1.58. The van der Waals surface area contributed by atoms with Crippen molar-refractivity contribution >= 4 is 27.8 Å². The van der Waals surface area contributed by atoms with Crippen molar-refractivity contribution in [1.82, 2.24) is 0 Å². The Morgan fingerprint density at radius 3 is 1.43 bits per heavy atom. The van der Waals surface area contributed by atoms with E-state index < -0.39 is 0 Å². The van der Waals surface area contributed by atoms with Crippen LogP contribution >= 0.6 is 0 Å². The maximum Gasteiger partial charge on any atom is 0.145 e. The van der Waals surface area contributed by atoms with E-state index in [1.807, 2.05) is 6.07 Å². The Kier molecular flexibility index (Phi) is 6.20. The number of para-hydroxylation sites is 2. The van der Waals surface area contributed by atoms with Gasteiger partial charge in [0.2, 0.25) is 0 Å². The SMILES string of the molecule is c1ccc(-c2cccc(N(c3ccccc3)c3ccccc3)c2-c2oc(-c3ccccc3)c3ccccc23)cc1. The average Bonchev–Trinajstić information content (AvgIpc) is 3.42. The van der Waals surface area contributed by atoms with Crippen LogP contribution in [-0.4, -0.2) is 0 Å². The quantitative estimate of drug-likeness (QED) is 0.220. The van der Waals surface area contributed by atoms with Gasteiger partial charge in [0.15, 0.2) is 0 Å². The molecule has 0 spiro atoms. The molecule has 0 aliphatic rings. The van der Waals surface area contributed by atoms with Crippen LogP contribution in [0.2, 0.25) is 0 Å². The van der Waals surface area contributed by atoms with E-state index in [1.165, 1.54) is 0 Å². The zero-order valence-corrected chi connectivity index (χ0v) is 21.9. The van der Waals surface area contributed by atoms with E-state index >= 15 is 0 Å².